The van der Waals surface area contributed by atoms with Crippen molar-refractivity contribution in [1.82, 2.24) is 28.8 Å². The van der Waals surface area contributed by atoms with Gasteiger partial charge < -0.3 is 20.4 Å². The number of thiocarbonyl (C=S) groups is 1. The van der Waals surface area contributed by atoms with Crippen molar-refractivity contribution in [2.45, 2.75) is 31.7 Å². The van der Waals surface area contributed by atoms with Crippen molar-refractivity contribution in [2.75, 3.05) is 38.2 Å². The molecule has 2 aromatic rings. The van der Waals surface area contributed by atoms with Crippen LogP contribution < -0.4 is 16.2 Å². The van der Waals surface area contributed by atoms with Crippen LogP contribution in [-0.2, 0) is 23.0 Å². The lowest BCUT2D eigenvalue weighted by molar-refractivity contribution is 0.0600. The molecule has 12 nitrogen and oxygen atoms in total. The molecule has 190 valence electrons. The van der Waals surface area contributed by atoms with E-state index < -0.39 is 11.2 Å². The third-order valence-electron chi connectivity index (χ3n) is 6.22. The highest BCUT2D eigenvalue weighted by Gasteiger charge is 2.23. The molecule has 0 aromatic carbocycles. The summed E-state index contributed by atoms with van der Waals surface area (Å²) >= 11 is 3.79. The lowest BCUT2D eigenvalue weighted by Crippen LogP contribution is -2.42. The van der Waals surface area contributed by atoms with Crippen LogP contribution >= 0.6 is 12.2 Å². The molecule has 0 radical (unpaired) electrons. The molecular formula is C21H32N10O2S2. The van der Waals surface area contributed by atoms with Gasteiger partial charge in [0.15, 0.2) is 16.3 Å². The molecule has 14 heteroatoms. The molecule has 2 aliphatic rings. The molecule has 2 saturated heterocycles. The summed E-state index contributed by atoms with van der Waals surface area (Å²) in [5, 5.41) is 15.4. The van der Waals surface area contributed by atoms with Gasteiger partial charge in [-0.15, -0.1) is 0 Å². The van der Waals surface area contributed by atoms with Gasteiger partial charge in [0.2, 0.25) is 5.95 Å². The monoisotopic (exact) mass is 520 g/mol. The quantitative estimate of drug-likeness (QED) is 0.258. The van der Waals surface area contributed by atoms with E-state index in [0.717, 1.165) is 50.3 Å². The molecule has 2 aliphatic heterocycles. The highest BCUT2D eigenvalue weighted by molar-refractivity contribution is 7.80. The first-order valence-corrected chi connectivity index (χ1v) is 13.2. The molecule has 4 heterocycles. The average Bonchev–Trinajstić information content (AvgIpc) is 3.28. The molecule has 35 heavy (non-hydrogen) atoms. The fourth-order valence-corrected chi connectivity index (χ4v) is 4.88. The van der Waals surface area contributed by atoms with Gasteiger partial charge in [-0.3, -0.25) is 0 Å². The van der Waals surface area contributed by atoms with Crippen molar-refractivity contribution >= 4 is 40.7 Å². The lowest BCUT2D eigenvalue weighted by Gasteiger charge is -2.30. The van der Waals surface area contributed by atoms with E-state index >= 15 is 0 Å². The van der Waals surface area contributed by atoms with E-state index in [4.69, 9.17) is 32.8 Å². The van der Waals surface area contributed by atoms with E-state index in [1.807, 2.05) is 17.7 Å². The van der Waals surface area contributed by atoms with Crippen LogP contribution in [0.5, 0.6) is 0 Å². The minimum atomic E-state index is -1.44. The summed E-state index contributed by atoms with van der Waals surface area (Å²) in [6.45, 7) is 3.42. The van der Waals surface area contributed by atoms with Gasteiger partial charge in [-0.2, -0.15) is 5.10 Å². The van der Waals surface area contributed by atoms with E-state index in [9.17, 15) is 4.21 Å². The van der Waals surface area contributed by atoms with Crippen LogP contribution in [0.15, 0.2) is 23.7 Å². The molecule has 0 aliphatic carbocycles. The first-order valence-electron chi connectivity index (χ1n) is 11.6. The summed E-state index contributed by atoms with van der Waals surface area (Å²) in [5.74, 6) is 0.910. The van der Waals surface area contributed by atoms with Gasteiger partial charge in [-0.25, -0.2) is 33.6 Å². The van der Waals surface area contributed by atoms with E-state index in [1.54, 1.807) is 28.1 Å². The molecular weight excluding hydrogens is 488 g/mol. The standard InChI is InChI=1S/C21H32N10O2S2/c1-29-14-24-12-19(29)18-10-17(11-25-31(20(22)34)13-15-4-8-33-9-5-15)27-21(28-18)26-16-2-6-30(7-3-16)35(23)32/h10-12,14-16H,2-9,13,23H2,1H3,(H2,22,34)(H,26,27,28)/b25-11+. The van der Waals surface area contributed by atoms with E-state index in [0.29, 0.717) is 37.2 Å². The summed E-state index contributed by atoms with van der Waals surface area (Å²) in [6, 6.07) is 2.00. The van der Waals surface area contributed by atoms with Crippen LogP contribution in [0.4, 0.5) is 5.95 Å². The van der Waals surface area contributed by atoms with Gasteiger partial charge in [0.25, 0.3) is 0 Å². The number of hydrazone groups is 1. The molecule has 1 unspecified atom stereocenters. The third-order valence-corrected chi connectivity index (χ3v) is 7.31. The first-order chi connectivity index (χ1) is 16.9. The van der Waals surface area contributed by atoms with Gasteiger partial charge in [-0.1, -0.05) is 0 Å². The number of anilines is 1. The third kappa shape index (κ3) is 7.01. The highest BCUT2D eigenvalue weighted by atomic mass is 32.2. The smallest absolute Gasteiger partial charge is 0.224 e. The Balaban J connectivity index is 1.54. The van der Waals surface area contributed by atoms with Crippen LogP contribution in [0.1, 0.15) is 31.4 Å². The van der Waals surface area contributed by atoms with Crippen LogP contribution in [-0.4, -0.2) is 83.3 Å². The van der Waals surface area contributed by atoms with Crippen molar-refractivity contribution in [3.8, 4) is 11.4 Å². The Kier molecular flexibility index (Phi) is 8.73. The number of hydrogen-bond acceptors (Lipinski definition) is 8. The molecule has 5 N–H and O–H groups in total. The van der Waals surface area contributed by atoms with Gasteiger partial charge >= 0.3 is 0 Å². The van der Waals surface area contributed by atoms with Crippen molar-refractivity contribution in [3.63, 3.8) is 0 Å². The lowest BCUT2D eigenvalue weighted by atomic mass is 10.0. The highest BCUT2D eigenvalue weighted by Crippen LogP contribution is 2.21. The number of piperidine rings is 1. The second-order valence-electron chi connectivity index (χ2n) is 8.74. The maximum atomic E-state index is 11.5. The first kappa shape index (κ1) is 25.6. The number of aryl methyl sites for hydroxylation is 1. The van der Waals surface area contributed by atoms with Gasteiger partial charge in [0, 0.05) is 45.9 Å². The number of ether oxygens (including phenoxy) is 1. The topological polar surface area (TPSA) is 153 Å². The van der Waals surface area contributed by atoms with Crippen LogP contribution in [0, 0.1) is 5.92 Å². The molecule has 1 atom stereocenters. The van der Waals surface area contributed by atoms with Crippen molar-refractivity contribution in [2.24, 2.45) is 28.9 Å². The molecule has 0 saturated carbocycles. The van der Waals surface area contributed by atoms with E-state index in [2.05, 4.69) is 20.4 Å². The summed E-state index contributed by atoms with van der Waals surface area (Å²) in [4.78, 5) is 13.6. The predicted octanol–water partition coefficient (Wildman–Crippen LogP) is 0.597. The number of nitrogens with one attached hydrogen (secondary N) is 1. The minimum Gasteiger partial charge on any atom is -0.381 e. The molecule has 0 spiro atoms. The normalized spacial score (nSPS) is 19.1. The maximum absolute atomic E-state index is 11.5. The van der Waals surface area contributed by atoms with Gasteiger partial charge in [0.05, 0.1) is 35.8 Å². The number of imidazole rings is 1. The largest absolute Gasteiger partial charge is 0.381 e. The Morgan fingerprint density at radius 3 is 2.71 bits per heavy atom. The zero-order chi connectivity index (χ0) is 24.8. The predicted molar refractivity (Wildman–Crippen MR) is 139 cm³/mol. The minimum absolute atomic E-state index is 0.142. The zero-order valence-corrected chi connectivity index (χ0v) is 21.4. The molecule has 2 aromatic heterocycles. The number of hydrogen-bond donors (Lipinski definition) is 3. The maximum Gasteiger partial charge on any atom is 0.224 e. The van der Waals surface area contributed by atoms with Crippen molar-refractivity contribution in [1.29, 1.82) is 0 Å². The average molecular weight is 521 g/mol. The summed E-state index contributed by atoms with van der Waals surface area (Å²) in [6.07, 6.45) is 8.62. The molecule has 0 amide bonds. The van der Waals surface area contributed by atoms with Gasteiger partial charge in [0.1, 0.15) is 0 Å². The Bertz CT molecular complexity index is 1060. The van der Waals surface area contributed by atoms with Crippen molar-refractivity contribution < 1.29 is 8.95 Å². The number of nitrogens with two attached hydrogens (primary N) is 2. The number of rotatable bonds is 8. The van der Waals surface area contributed by atoms with Crippen LogP contribution in [0.3, 0.4) is 0 Å². The number of aromatic nitrogens is 4. The zero-order valence-electron chi connectivity index (χ0n) is 19.7. The summed E-state index contributed by atoms with van der Waals surface area (Å²) in [5.41, 5.74) is 8.14. The molecule has 0 bridgehead atoms. The Labute approximate surface area is 212 Å². The van der Waals surface area contributed by atoms with Crippen LogP contribution in [0.2, 0.25) is 0 Å². The molecule has 2 fully saturated rings. The summed E-state index contributed by atoms with van der Waals surface area (Å²) < 4.78 is 20.6. The second kappa shape index (κ2) is 11.9. The van der Waals surface area contributed by atoms with Crippen molar-refractivity contribution in [3.05, 3.63) is 24.3 Å². The van der Waals surface area contributed by atoms with Gasteiger partial charge in [-0.05, 0) is 49.9 Å². The van der Waals surface area contributed by atoms with E-state index in [-0.39, 0.29) is 11.2 Å². The SMILES string of the molecule is Cn1cncc1-c1cc(/C=N/N(CC2CCOCC2)C(N)=S)nc(NC2CCN(S(N)=O)CC2)n1. The Morgan fingerprint density at radius 1 is 1.34 bits per heavy atom. The fourth-order valence-electron chi connectivity index (χ4n) is 4.19. The fraction of sp³-hybridized carbons (Fsp3) is 0.571. The second-order valence-corrected chi connectivity index (χ2v) is 10.2. The molecule has 4 rings (SSSR count). The van der Waals surface area contributed by atoms with E-state index in [1.165, 1.54) is 0 Å². The Hall–Kier alpha value is -2.52. The Morgan fingerprint density at radius 2 is 2.09 bits per heavy atom. The summed E-state index contributed by atoms with van der Waals surface area (Å²) in [7, 11) is 1.91. The van der Waals surface area contributed by atoms with Crippen LogP contribution in [0.25, 0.3) is 11.4 Å². The number of nitrogens with zero attached hydrogens (tertiary/aromatic N) is 7.